The van der Waals surface area contributed by atoms with Crippen LogP contribution in [-0.4, -0.2) is 58.1 Å². The molecule has 0 radical (unpaired) electrons. The van der Waals surface area contributed by atoms with E-state index in [2.05, 4.69) is 9.88 Å². The van der Waals surface area contributed by atoms with Crippen molar-refractivity contribution in [1.82, 2.24) is 19.4 Å². The van der Waals surface area contributed by atoms with Crippen LogP contribution < -0.4 is 0 Å². The first-order valence-electron chi connectivity index (χ1n) is 8.96. The molecule has 0 aliphatic carbocycles. The Morgan fingerprint density at radius 2 is 2.08 bits per heavy atom. The maximum atomic E-state index is 14.1. The molecule has 3 heterocycles. The van der Waals surface area contributed by atoms with Gasteiger partial charge in [-0.15, -0.1) is 0 Å². The van der Waals surface area contributed by atoms with E-state index in [4.69, 9.17) is 4.74 Å². The van der Waals surface area contributed by atoms with Gasteiger partial charge >= 0.3 is 0 Å². The van der Waals surface area contributed by atoms with Crippen LogP contribution in [0.2, 0.25) is 0 Å². The van der Waals surface area contributed by atoms with E-state index in [1.807, 2.05) is 22.6 Å². The zero-order valence-electron chi connectivity index (χ0n) is 14.9. The van der Waals surface area contributed by atoms with Gasteiger partial charge in [-0.2, -0.15) is 0 Å². The molecule has 26 heavy (non-hydrogen) atoms. The predicted molar refractivity (Wildman–Crippen MR) is 93.9 cm³/mol. The number of aromatic nitrogens is 2. The van der Waals surface area contributed by atoms with E-state index in [9.17, 15) is 9.18 Å². The molecule has 1 amide bonds. The van der Waals surface area contributed by atoms with Crippen molar-refractivity contribution in [3.63, 3.8) is 0 Å². The minimum absolute atomic E-state index is 0.108. The lowest BCUT2D eigenvalue weighted by atomic mass is 9.95. The average molecular weight is 358 g/mol. The van der Waals surface area contributed by atoms with Crippen molar-refractivity contribution in [2.75, 3.05) is 32.8 Å². The summed E-state index contributed by atoms with van der Waals surface area (Å²) in [7, 11) is 1.93. The van der Waals surface area contributed by atoms with E-state index in [1.165, 1.54) is 6.07 Å². The number of hydrogen-bond acceptors (Lipinski definition) is 4. The fourth-order valence-corrected chi connectivity index (χ4v) is 3.87. The maximum Gasteiger partial charge on any atom is 0.233 e. The summed E-state index contributed by atoms with van der Waals surface area (Å²) in [5.74, 6) is -0.386. The van der Waals surface area contributed by atoms with Gasteiger partial charge in [-0.3, -0.25) is 9.69 Å². The molecule has 7 heteroatoms. The molecule has 0 bridgehead atoms. The number of morpholine rings is 1. The summed E-state index contributed by atoms with van der Waals surface area (Å²) in [6, 6.07) is 6.80. The third-order valence-corrected chi connectivity index (χ3v) is 5.18. The summed E-state index contributed by atoms with van der Waals surface area (Å²) in [6.45, 7) is 4.06. The zero-order valence-corrected chi connectivity index (χ0v) is 14.9. The lowest BCUT2D eigenvalue weighted by Gasteiger charge is -2.36. The van der Waals surface area contributed by atoms with Gasteiger partial charge in [0.05, 0.1) is 36.8 Å². The summed E-state index contributed by atoms with van der Waals surface area (Å²) in [5.41, 5.74) is 2.53. The Bertz CT molecular complexity index is 801. The Balaban J connectivity index is 1.59. The van der Waals surface area contributed by atoms with Gasteiger partial charge < -0.3 is 14.2 Å². The van der Waals surface area contributed by atoms with E-state index in [1.54, 1.807) is 18.5 Å². The van der Waals surface area contributed by atoms with Gasteiger partial charge in [-0.1, -0.05) is 18.2 Å². The number of hydrogen-bond donors (Lipinski definition) is 0. The zero-order chi connectivity index (χ0) is 18.1. The molecule has 0 N–H and O–H groups in total. The molecule has 0 saturated carbocycles. The summed E-state index contributed by atoms with van der Waals surface area (Å²) >= 11 is 0. The Kier molecular flexibility index (Phi) is 4.74. The number of halogens is 1. The van der Waals surface area contributed by atoms with Gasteiger partial charge in [0, 0.05) is 45.3 Å². The molecule has 1 aromatic heterocycles. The minimum Gasteiger partial charge on any atom is -0.378 e. The molecule has 1 atom stereocenters. The third kappa shape index (κ3) is 3.24. The van der Waals surface area contributed by atoms with E-state index in [0.717, 1.165) is 11.4 Å². The van der Waals surface area contributed by atoms with Crippen LogP contribution in [0, 0.1) is 5.82 Å². The fraction of sp³-hybridized carbons (Fsp3) is 0.474. The first-order valence-corrected chi connectivity index (χ1v) is 8.96. The summed E-state index contributed by atoms with van der Waals surface area (Å²) < 4.78 is 21.4. The monoisotopic (exact) mass is 358 g/mol. The van der Waals surface area contributed by atoms with Gasteiger partial charge in [0.1, 0.15) is 5.82 Å². The molecule has 2 aliphatic heterocycles. The number of ether oxygens (including phenoxy) is 1. The van der Waals surface area contributed by atoms with Crippen molar-refractivity contribution in [1.29, 1.82) is 0 Å². The highest BCUT2D eigenvalue weighted by atomic mass is 19.1. The molecule has 1 aromatic carbocycles. The first kappa shape index (κ1) is 17.2. The van der Waals surface area contributed by atoms with Crippen molar-refractivity contribution in [3.05, 3.63) is 53.4 Å². The van der Waals surface area contributed by atoms with Gasteiger partial charge in [0.2, 0.25) is 5.91 Å². The maximum absolute atomic E-state index is 14.1. The first-order chi connectivity index (χ1) is 12.6. The highest BCUT2D eigenvalue weighted by molar-refractivity contribution is 5.84. The highest BCUT2D eigenvalue weighted by Crippen LogP contribution is 2.30. The summed E-state index contributed by atoms with van der Waals surface area (Å²) in [4.78, 5) is 21.6. The van der Waals surface area contributed by atoms with Gasteiger partial charge in [0.25, 0.3) is 0 Å². The van der Waals surface area contributed by atoms with Gasteiger partial charge in [-0.25, -0.2) is 9.37 Å². The van der Waals surface area contributed by atoms with Crippen molar-refractivity contribution in [2.45, 2.75) is 19.0 Å². The third-order valence-electron chi connectivity index (χ3n) is 5.18. The van der Waals surface area contributed by atoms with Crippen LogP contribution >= 0.6 is 0 Å². The molecule has 138 valence electrons. The van der Waals surface area contributed by atoms with Crippen LogP contribution in [-0.2, 0) is 29.7 Å². The number of nitrogens with zero attached hydrogens (tertiary/aromatic N) is 4. The van der Waals surface area contributed by atoms with Gasteiger partial charge in [-0.05, 0) is 6.07 Å². The predicted octanol–water partition coefficient (Wildman–Crippen LogP) is 1.52. The number of fused-ring (bicyclic) bond motifs is 1. The number of rotatable bonds is 3. The standard InChI is InChI=1S/C19H23FN4O2/c1-22-13-21-17-12-23(10-14-4-2-3-5-16(14)20)11-15(18(17)22)19(25)24-6-8-26-9-7-24/h2-5,13,15H,6-12H2,1H3. The average Bonchev–Trinajstić information content (AvgIpc) is 3.04. The Morgan fingerprint density at radius 3 is 2.85 bits per heavy atom. The largest absolute Gasteiger partial charge is 0.378 e. The molecular formula is C19H23FN4O2. The van der Waals surface area contributed by atoms with E-state index < -0.39 is 0 Å². The van der Waals surface area contributed by atoms with E-state index >= 15 is 0 Å². The molecule has 4 rings (SSSR count). The Hall–Kier alpha value is -2.25. The second-order valence-electron chi connectivity index (χ2n) is 6.94. The van der Waals surface area contributed by atoms with Crippen LogP contribution in [0.3, 0.4) is 0 Å². The molecular weight excluding hydrogens is 335 g/mol. The smallest absolute Gasteiger partial charge is 0.233 e. The second kappa shape index (κ2) is 7.17. The molecule has 2 aromatic rings. The second-order valence-corrected chi connectivity index (χ2v) is 6.94. The van der Waals surface area contributed by atoms with Gasteiger partial charge in [0.15, 0.2) is 0 Å². The SMILES string of the molecule is Cn1cnc2c1C(C(=O)N1CCOCC1)CN(Cc1ccccc1F)C2. The molecule has 1 fully saturated rings. The number of aryl methyl sites for hydroxylation is 1. The van der Waals surface area contributed by atoms with Crippen LogP contribution in [0.1, 0.15) is 22.9 Å². The topological polar surface area (TPSA) is 50.6 Å². The molecule has 1 unspecified atom stereocenters. The number of amides is 1. The lowest BCUT2D eigenvalue weighted by molar-refractivity contribution is -0.138. The Morgan fingerprint density at radius 1 is 1.31 bits per heavy atom. The number of benzene rings is 1. The van der Waals surface area contributed by atoms with Crippen LogP contribution in [0.15, 0.2) is 30.6 Å². The molecule has 6 nitrogen and oxygen atoms in total. The fourth-order valence-electron chi connectivity index (χ4n) is 3.87. The van der Waals surface area contributed by atoms with Crippen LogP contribution in [0.25, 0.3) is 0 Å². The van der Waals surface area contributed by atoms with Crippen LogP contribution in [0.4, 0.5) is 4.39 Å². The lowest BCUT2D eigenvalue weighted by Crippen LogP contribution is -2.47. The molecule has 0 spiro atoms. The van der Waals surface area contributed by atoms with Crippen LogP contribution in [0.5, 0.6) is 0 Å². The number of carbonyl (C=O) groups is 1. The van der Waals surface area contributed by atoms with E-state index in [-0.39, 0.29) is 17.6 Å². The highest BCUT2D eigenvalue weighted by Gasteiger charge is 2.36. The van der Waals surface area contributed by atoms with Crippen molar-refractivity contribution >= 4 is 5.91 Å². The summed E-state index contributed by atoms with van der Waals surface area (Å²) in [6.07, 6.45) is 1.76. The number of carbonyl (C=O) groups excluding carboxylic acids is 1. The van der Waals surface area contributed by atoms with E-state index in [0.29, 0.717) is 51.5 Å². The minimum atomic E-state index is -0.281. The normalized spacial score (nSPS) is 20.8. The Labute approximate surface area is 152 Å². The quantitative estimate of drug-likeness (QED) is 0.835. The summed E-state index contributed by atoms with van der Waals surface area (Å²) in [5, 5.41) is 0. The van der Waals surface area contributed by atoms with Crippen molar-refractivity contribution in [3.8, 4) is 0 Å². The van der Waals surface area contributed by atoms with Crippen molar-refractivity contribution < 1.29 is 13.9 Å². The molecule has 2 aliphatic rings. The number of imidazole rings is 1. The molecule has 1 saturated heterocycles. The van der Waals surface area contributed by atoms with Crippen molar-refractivity contribution in [2.24, 2.45) is 7.05 Å².